The first kappa shape index (κ1) is 24.5. The average Bonchev–Trinajstić information content (AvgIpc) is 2.84. The number of rotatable bonds is 4. The molecule has 0 unspecified atom stereocenters. The molecule has 5 rings (SSSR count). The van der Waals surface area contributed by atoms with E-state index in [0.717, 1.165) is 29.0 Å². The molecular formula is C26H19Cl2F3N4O. The number of fused-ring (bicyclic) bond motifs is 1. The van der Waals surface area contributed by atoms with Crippen molar-refractivity contribution in [2.45, 2.75) is 25.7 Å². The average molecular weight is 531 g/mol. The van der Waals surface area contributed by atoms with E-state index in [9.17, 15) is 18.0 Å². The van der Waals surface area contributed by atoms with Gasteiger partial charge in [-0.1, -0.05) is 41.4 Å². The zero-order valence-corrected chi connectivity index (χ0v) is 20.3. The molecule has 1 aliphatic rings. The maximum absolute atomic E-state index is 12.8. The van der Waals surface area contributed by atoms with Gasteiger partial charge >= 0.3 is 6.18 Å². The van der Waals surface area contributed by atoms with Gasteiger partial charge in [-0.05, 0) is 42.0 Å². The highest BCUT2D eigenvalue weighted by Gasteiger charge is 2.30. The summed E-state index contributed by atoms with van der Waals surface area (Å²) in [7, 11) is 0. The van der Waals surface area contributed by atoms with Gasteiger partial charge in [0, 0.05) is 53.4 Å². The highest BCUT2D eigenvalue weighted by Crippen LogP contribution is 2.31. The van der Waals surface area contributed by atoms with Crippen LogP contribution < -0.4 is 5.56 Å². The molecule has 0 fully saturated rings. The van der Waals surface area contributed by atoms with Crippen LogP contribution in [0.4, 0.5) is 13.2 Å². The highest BCUT2D eigenvalue weighted by molar-refractivity contribution is 6.35. The number of pyridine rings is 1. The van der Waals surface area contributed by atoms with Gasteiger partial charge in [0.25, 0.3) is 5.56 Å². The molecule has 0 saturated carbocycles. The summed E-state index contributed by atoms with van der Waals surface area (Å²) in [6, 6.07) is 13.7. The molecule has 184 valence electrons. The Bertz CT molecular complexity index is 1450. The van der Waals surface area contributed by atoms with E-state index < -0.39 is 11.7 Å². The molecule has 10 heteroatoms. The SMILES string of the molecule is O=c1[nH]c(-c2ccc(C(F)(F)F)cc2)nc2c1CN(Cc1ccc(-c3cc(Cl)cc(Cl)c3)nc1)CC2. The third-order valence-electron chi connectivity index (χ3n) is 6.02. The van der Waals surface area contributed by atoms with Crippen LogP contribution >= 0.6 is 23.2 Å². The van der Waals surface area contributed by atoms with E-state index in [1.165, 1.54) is 12.1 Å². The second-order valence-electron chi connectivity index (χ2n) is 8.59. The van der Waals surface area contributed by atoms with Crippen LogP contribution in [-0.4, -0.2) is 26.4 Å². The molecule has 5 nitrogen and oxygen atoms in total. The normalized spacial score (nSPS) is 14.0. The van der Waals surface area contributed by atoms with Crippen LogP contribution in [0.5, 0.6) is 0 Å². The smallest absolute Gasteiger partial charge is 0.306 e. The van der Waals surface area contributed by atoms with Gasteiger partial charge in [0.1, 0.15) is 5.82 Å². The second kappa shape index (κ2) is 9.69. The van der Waals surface area contributed by atoms with E-state index in [0.29, 0.717) is 52.9 Å². The summed E-state index contributed by atoms with van der Waals surface area (Å²) in [6.07, 6.45) is -2.08. The summed E-state index contributed by atoms with van der Waals surface area (Å²) in [5, 5.41) is 1.08. The largest absolute Gasteiger partial charge is 0.416 e. The zero-order chi connectivity index (χ0) is 25.4. The number of halogens is 5. The first-order valence-corrected chi connectivity index (χ1v) is 11.8. The second-order valence-corrected chi connectivity index (χ2v) is 9.46. The number of nitrogens with zero attached hydrogens (tertiary/aromatic N) is 3. The Morgan fingerprint density at radius 2 is 1.69 bits per heavy atom. The lowest BCUT2D eigenvalue weighted by molar-refractivity contribution is -0.137. The molecule has 3 heterocycles. The van der Waals surface area contributed by atoms with Crippen molar-refractivity contribution in [3.63, 3.8) is 0 Å². The molecule has 1 aliphatic heterocycles. The van der Waals surface area contributed by atoms with Gasteiger partial charge < -0.3 is 4.98 Å². The maximum Gasteiger partial charge on any atom is 0.416 e. The third kappa shape index (κ3) is 5.31. The number of alkyl halides is 3. The Morgan fingerprint density at radius 3 is 2.33 bits per heavy atom. The minimum absolute atomic E-state index is 0.266. The predicted octanol–water partition coefficient (Wildman–Crippen LogP) is 6.38. The molecule has 0 amide bonds. The molecule has 2 aromatic carbocycles. The molecule has 36 heavy (non-hydrogen) atoms. The number of aromatic amines is 1. The van der Waals surface area contributed by atoms with Crippen LogP contribution in [0.3, 0.4) is 0 Å². The number of H-pyrrole nitrogens is 1. The minimum Gasteiger partial charge on any atom is -0.306 e. The van der Waals surface area contributed by atoms with Crippen molar-refractivity contribution in [3.05, 3.63) is 104 Å². The predicted molar refractivity (Wildman–Crippen MR) is 133 cm³/mol. The lowest BCUT2D eigenvalue weighted by atomic mass is 10.0. The summed E-state index contributed by atoms with van der Waals surface area (Å²) in [4.78, 5) is 26.7. The van der Waals surface area contributed by atoms with Crippen molar-refractivity contribution in [3.8, 4) is 22.6 Å². The van der Waals surface area contributed by atoms with Crippen molar-refractivity contribution in [1.29, 1.82) is 0 Å². The molecule has 2 aromatic heterocycles. The van der Waals surface area contributed by atoms with Crippen LogP contribution in [0, 0.1) is 0 Å². The fraction of sp³-hybridized carbons (Fsp3) is 0.192. The molecule has 1 N–H and O–H groups in total. The molecule has 0 aliphatic carbocycles. The van der Waals surface area contributed by atoms with Crippen molar-refractivity contribution < 1.29 is 13.2 Å². The van der Waals surface area contributed by atoms with E-state index in [4.69, 9.17) is 23.2 Å². The summed E-state index contributed by atoms with van der Waals surface area (Å²) in [6.45, 7) is 1.70. The van der Waals surface area contributed by atoms with Crippen LogP contribution in [0.25, 0.3) is 22.6 Å². The fourth-order valence-electron chi connectivity index (χ4n) is 4.22. The topological polar surface area (TPSA) is 61.9 Å². The van der Waals surface area contributed by atoms with Gasteiger partial charge in [0.05, 0.1) is 22.5 Å². The minimum atomic E-state index is -4.42. The van der Waals surface area contributed by atoms with E-state index in [1.54, 1.807) is 24.4 Å². The molecule has 0 saturated heterocycles. The molecule has 0 spiro atoms. The molecule has 4 aromatic rings. The lowest BCUT2D eigenvalue weighted by Crippen LogP contribution is -2.35. The first-order chi connectivity index (χ1) is 17.2. The van der Waals surface area contributed by atoms with Crippen molar-refractivity contribution >= 4 is 23.2 Å². The molecule has 0 bridgehead atoms. The number of hydrogen-bond donors (Lipinski definition) is 1. The lowest BCUT2D eigenvalue weighted by Gasteiger charge is -2.27. The first-order valence-electron chi connectivity index (χ1n) is 11.1. The van der Waals surface area contributed by atoms with E-state index in [2.05, 4.69) is 19.9 Å². The van der Waals surface area contributed by atoms with Crippen LogP contribution in [0.2, 0.25) is 10.0 Å². The van der Waals surface area contributed by atoms with Gasteiger partial charge in [-0.3, -0.25) is 14.7 Å². The highest BCUT2D eigenvalue weighted by atomic mass is 35.5. The Balaban J connectivity index is 1.30. The van der Waals surface area contributed by atoms with Crippen LogP contribution in [-0.2, 0) is 25.7 Å². The van der Waals surface area contributed by atoms with Gasteiger partial charge in [0.15, 0.2) is 0 Å². The maximum atomic E-state index is 12.8. The summed E-state index contributed by atoms with van der Waals surface area (Å²) in [5.41, 5.74) is 3.19. The number of nitrogens with one attached hydrogen (secondary N) is 1. The fourth-order valence-corrected chi connectivity index (χ4v) is 4.74. The monoisotopic (exact) mass is 530 g/mol. The summed E-state index contributed by atoms with van der Waals surface area (Å²) >= 11 is 12.2. The standard InChI is InChI=1S/C26H19Cl2F3N4O/c27-19-9-17(10-20(28)11-19)22-6-1-15(12-32-22)13-35-8-7-23-21(14-35)25(36)34-24(33-23)16-2-4-18(5-3-16)26(29,30)31/h1-6,9-12H,7-8,13-14H2,(H,33,34,36). The van der Waals surface area contributed by atoms with E-state index in [-0.39, 0.29) is 11.4 Å². The van der Waals surface area contributed by atoms with Gasteiger partial charge in [-0.2, -0.15) is 13.2 Å². The Labute approximate surface area is 214 Å². The van der Waals surface area contributed by atoms with Gasteiger partial charge in [-0.15, -0.1) is 0 Å². The van der Waals surface area contributed by atoms with Crippen molar-refractivity contribution in [2.24, 2.45) is 0 Å². The summed E-state index contributed by atoms with van der Waals surface area (Å²) < 4.78 is 38.5. The van der Waals surface area contributed by atoms with E-state index in [1.807, 2.05) is 12.1 Å². The summed E-state index contributed by atoms with van der Waals surface area (Å²) in [5.74, 6) is 0.266. The molecule has 0 atom stereocenters. The zero-order valence-electron chi connectivity index (χ0n) is 18.7. The Hall–Kier alpha value is -3.20. The van der Waals surface area contributed by atoms with Crippen LogP contribution in [0.15, 0.2) is 65.6 Å². The van der Waals surface area contributed by atoms with E-state index >= 15 is 0 Å². The van der Waals surface area contributed by atoms with Crippen molar-refractivity contribution in [1.82, 2.24) is 19.9 Å². The van der Waals surface area contributed by atoms with Crippen LogP contribution in [0.1, 0.15) is 22.4 Å². The quantitative estimate of drug-likeness (QED) is 0.332. The Kier molecular flexibility index (Phi) is 6.59. The number of aromatic nitrogens is 3. The number of hydrogen-bond acceptors (Lipinski definition) is 4. The van der Waals surface area contributed by atoms with Gasteiger partial charge in [-0.25, -0.2) is 4.98 Å². The molecule has 0 radical (unpaired) electrons. The molecular weight excluding hydrogens is 512 g/mol. The Morgan fingerprint density at radius 1 is 0.972 bits per heavy atom. The van der Waals surface area contributed by atoms with Crippen molar-refractivity contribution in [2.75, 3.05) is 6.54 Å². The third-order valence-corrected chi connectivity index (χ3v) is 6.46. The number of benzene rings is 2. The van der Waals surface area contributed by atoms with Gasteiger partial charge in [0.2, 0.25) is 0 Å².